The van der Waals surface area contributed by atoms with E-state index in [1.54, 1.807) is 27.4 Å². The molecule has 0 radical (unpaired) electrons. The van der Waals surface area contributed by atoms with Crippen LogP contribution in [0, 0.1) is 0 Å². The van der Waals surface area contributed by atoms with E-state index in [-0.39, 0.29) is 11.9 Å². The van der Waals surface area contributed by atoms with Crippen molar-refractivity contribution >= 4 is 17.5 Å². The molecule has 0 bridgehead atoms. The van der Waals surface area contributed by atoms with E-state index in [1.165, 1.54) is 6.92 Å². The first-order chi connectivity index (χ1) is 15.3. The first kappa shape index (κ1) is 23.4. The van der Waals surface area contributed by atoms with Gasteiger partial charge in [-0.25, -0.2) is 0 Å². The Balaban J connectivity index is 2.20. The fourth-order valence-corrected chi connectivity index (χ4v) is 4.02. The van der Waals surface area contributed by atoms with Gasteiger partial charge in [-0.15, -0.1) is 0 Å². The van der Waals surface area contributed by atoms with Crippen LogP contribution in [0.2, 0.25) is 0 Å². The fraction of sp³-hybridized carbons (Fsp3) is 0.391. The lowest BCUT2D eigenvalue weighted by Crippen LogP contribution is -2.38. The van der Waals surface area contributed by atoms with Crippen LogP contribution in [0.15, 0.2) is 24.3 Å². The second kappa shape index (κ2) is 9.88. The van der Waals surface area contributed by atoms with Crippen molar-refractivity contribution in [3.8, 4) is 28.4 Å². The maximum atomic E-state index is 12.2. The summed E-state index contributed by atoms with van der Waals surface area (Å²) in [6, 6.07) is 6.02. The number of carbonyl (C=O) groups is 2. The van der Waals surface area contributed by atoms with Crippen molar-refractivity contribution in [3.05, 3.63) is 35.4 Å². The van der Waals surface area contributed by atoms with Crippen LogP contribution in [0.4, 0.5) is 5.69 Å². The number of nitrogens with one attached hydrogen (secondary N) is 2. The zero-order valence-electron chi connectivity index (χ0n) is 18.7. The van der Waals surface area contributed by atoms with Gasteiger partial charge in [0.05, 0.1) is 34.0 Å². The fourth-order valence-electron chi connectivity index (χ4n) is 4.02. The molecule has 0 aromatic heterocycles. The van der Waals surface area contributed by atoms with Gasteiger partial charge in [-0.2, -0.15) is 0 Å². The molecule has 1 aliphatic rings. The van der Waals surface area contributed by atoms with E-state index in [4.69, 9.17) is 25.1 Å². The molecular weight excluding hydrogens is 414 g/mol. The molecule has 2 amide bonds. The van der Waals surface area contributed by atoms with Gasteiger partial charge in [0.15, 0.2) is 11.5 Å². The Hall–Kier alpha value is -3.30. The summed E-state index contributed by atoms with van der Waals surface area (Å²) >= 11 is 0. The number of aliphatic hydroxyl groups is 1. The summed E-state index contributed by atoms with van der Waals surface area (Å²) in [4.78, 5) is 24.1. The summed E-state index contributed by atoms with van der Waals surface area (Å²) in [6.45, 7) is 1.01. The molecule has 0 aliphatic heterocycles. The van der Waals surface area contributed by atoms with E-state index in [0.717, 1.165) is 22.3 Å². The minimum atomic E-state index is -1.03. The highest BCUT2D eigenvalue weighted by atomic mass is 16.5. The Morgan fingerprint density at radius 2 is 1.88 bits per heavy atom. The van der Waals surface area contributed by atoms with Crippen LogP contribution in [-0.2, 0) is 16.0 Å². The van der Waals surface area contributed by atoms with Gasteiger partial charge in [0.1, 0.15) is 6.04 Å². The average Bonchev–Trinajstić information content (AvgIpc) is 2.93. The summed E-state index contributed by atoms with van der Waals surface area (Å²) in [5.74, 6) is 0.909. The number of benzene rings is 2. The van der Waals surface area contributed by atoms with E-state index >= 15 is 0 Å². The van der Waals surface area contributed by atoms with Gasteiger partial charge in [-0.05, 0) is 47.7 Å². The molecule has 0 spiro atoms. The highest BCUT2D eigenvalue weighted by molar-refractivity contribution is 5.95. The molecule has 5 N–H and O–H groups in total. The molecule has 0 fully saturated rings. The number of aryl methyl sites for hydroxylation is 1. The summed E-state index contributed by atoms with van der Waals surface area (Å²) in [5.41, 5.74) is 9.63. The van der Waals surface area contributed by atoms with Crippen LogP contribution in [0.3, 0.4) is 0 Å². The number of ether oxygens (including phenoxy) is 3. The first-order valence-electron chi connectivity index (χ1n) is 10.2. The Morgan fingerprint density at radius 1 is 1.16 bits per heavy atom. The number of methoxy groups -OCH3 is 3. The van der Waals surface area contributed by atoms with E-state index < -0.39 is 18.6 Å². The predicted molar refractivity (Wildman–Crippen MR) is 120 cm³/mol. The molecule has 9 heteroatoms. The Bertz CT molecular complexity index is 1020. The van der Waals surface area contributed by atoms with Crippen molar-refractivity contribution in [1.29, 1.82) is 0 Å². The molecule has 3 rings (SSSR count). The maximum Gasteiger partial charge on any atom is 0.243 e. The average molecular weight is 444 g/mol. The van der Waals surface area contributed by atoms with E-state index in [1.807, 2.05) is 18.2 Å². The third-order valence-corrected chi connectivity index (χ3v) is 5.49. The van der Waals surface area contributed by atoms with Crippen molar-refractivity contribution in [3.63, 3.8) is 0 Å². The highest BCUT2D eigenvalue weighted by Gasteiger charge is 2.29. The lowest BCUT2D eigenvalue weighted by Gasteiger charge is -2.22. The van der Waals surface area contributed by atoms with Gasteiger partial charge in [0.25, 0.3) is 0 Å². The molecule has 2 atom stereocenters. The number of amides is 2. The van der Waals surface area contributed by atoms with E-state index in [2.05, 4.69) is 10.6 Å². The normalized spacial score (nSPS) is 15.5. The van der Waals surface area contributed by atoms with Gasteiger partial charge >= 0.3 is 0 Å². The van der Waals surface area contributed by atoms with Gasteiger partial charge in [-0.1, -0.05) is 6.07 Å². The van der Waals surface area contributed by atoms with Gasteiger partial charge in [-0.3, -0.25) is 9.59 Å². The Labute approximate surface area is 186 Å². The van der Waals surface area contributed by atoms with E-state index in [9.17, 15) is 9.59 Å². The van der Waals surface area contributed by atoms with Crippen molar-refractivity contribution < 1.29 is 28.9 Å². The van der Waals surface area contributed by atoms with Gasteiger partial charge < -0.3 is 35.7 Å². The molecule has 0 heterocycles. The molecule has 2 aromatic rings. The molecule has 1 aliphatic carbocycles. The minimum Gasteiger partial charge on any atom is -0.493 e. The second-order valence-corrected chi connectivity index (χ2v) is 7.55. The summed E-state index contributed by atoms with van der Waals surface area (Å²) in [5, 5.41) is 14.9. The summed E-state index contributed by atoms with van der Waals surface area (Å²) < 4.78 is 16.8. The molecule has 32 heavy (non-hydrogen) atoms. The summed E-state index contributed by atoms with van der Waals surface area (Å²) in [6.07, 6.45) is 1.29. The van der Waals surface area contributed by atoms with Crippen molar-refractivity contribution in [2.45, 2.75) is 31.8 Å². The van der Waals surface area contributed by atoms with Crippen LogP contribution >= 0.6 is 0 Å². The lowest BCUT2D eigenvalue weighted by atomic mass is 9.93. The first-order valence-corrected chi connectivity index (χ1v) is 10.2. The van der Waals surface area contributed by atoms with Gasteiger partial charge in [0.2, 0.25) is 17.6 Å². The molecular formula is C23H29N3O6. The molecule has 172 valence electrons. The second-order valence-electron chi connectivity index (χ2n) is 7.55. The number of aliphatic hydroxyl groups excluding tert-OH is 1. The summed E-state index contributed by atoms with van der Waals surface area (Å²) in [7, 11) is 4.69. The number of carbonyl (C=O) groups excluding carboxylic acids is 2. The molecule has 9 nitrogen and oxygen atoms in total. The SMILES string of the molecule is COc1cc2c(c(OC)c1OC)-c1ccc(NC(=O)[C@@H](N)CO)cc1[C@@H](NC(C)=O)CC2. The standard InChI is InChI=1S/C23H29N3O6/c1-12(28)25-18-8-5-13-9-19(30-2)21(31-3)22(32-4)20(13)15-7-6-14(10-16(15)18)26-23(29)17(24)11-27/h6-7,9-10,17-18,27H,5,8,11,24H2,1-4H3,(H,25,28)(H,26,29)/t17-,18-/m0/s1. The number of anilines is 1. The van der Waals surface area contributed by atoms with Crippen molar-refractivity contribution in [2.24, 2.45) is 5.73 Å². The number of fused-ring (bicyclic) bond motifs is 3. The zero-order valence-corrected chi connectivity index (χ0v) is 18.7. The van der Waals surface area contributed by atoms with Crippen LogP contribution in [0.1, 0.15) is 30.5 Å². The monoisotopic (exact) mass is 443 g/mol. The quantitative estimate of drug-likeness (QED) is 0.513. The number of nitrogens with two attached hydrogens (primary N) is 1. The molecule has 2 aromatic carbocycles. The van der Waals surface area contributed by atoms with Crippen LogP contribution in [-0.4, -0.2) is 50.9 Å². The van der Waals surface area contributed by atoms with E-state index in [0.29, 0.717) is 35.8 Å². The topological polar surface area (TPSA) is 132 Å². The molecule has 0 saturated heterocycles. The zero-order chi connectivity index (χ0) is 23.4. The maximum absolute atomic E-state index is 12.2. The van der Waals surface area contributed by atoms with Crippen LogP contribution in [0.5, 0.6) is 17.2 Å². The molecule has 0 unspecified atom stereocenters. The Kier molecular flexibility index (Phi) is 7.22. The largest absolute Gasteiger partial charge is 0.493 e. The lowest BCUT2D eigenvalue weighted by molar-refractivity contribution is -0.120. The van der Waals surface area contributed by atoms with Crippen LogP contribution in [0.25, 0.3) is 11.1 Å². The predicted octanol–water partition coefficient (Wildman–Crippen LogP) is 1.76. The van der Waals surface area contributed by atoms with Crippen molar-refractivity contribution in [1.82, 2.24) is 5.32 Å². The van der Waals surface area contributed by atoms with Gasteiger partial charge in [0, 0.05) is 18.2 Å². The smallest absolute Gasteiger partial charge is 0.243 e. The highest BCUT2D eigenvalue weighted by Crippen LogP contribution is 2.50. The molecule has 0 saturated carbocycles. The number of hydrogen-bond acceptors (Lipinski definition) is 7. The third-order valence-electron chi connectivity index (χ3n) is 5.49. The van der Waals surface area contributed by atoms with Crippen LogP contribution < -0.4 is 30.6 Å². The third kappa shape index (κ3) is 4.49. The Morgan fingerprint density at radius 3 is 2.47 bits per heavy atom. The van der Waals surface area contributed by atoms with Crippen molar-refractivity contribution in [2.75, 3.05) is 33.3 Å². The minimum absolute atomic E-state index is 0.161. The number of rotatable bonds is 7. The number of hydrogen-bond donors (Lipinski definition) is 4.